The van der Waals surface area contributed by atoms with E-state index in [-0.39, 0.29) is 0 Å². The average molecular weight is 188 g/mol. The number of carboxylic acid groups (broad SMARTS) is 1. The maximum atomic E-state index is 10.8. The predicted molar refractivity (Wildman–Crippen MR) is 47.5 cm³/mol. The highest BCUT2D eigenvalue weighted by molar-refractivity contribution is 5.73. The van der Waals surface area contributed by atoms with Gasteiger partial charge in [0, 0.05) is 26.2 Å². The minimum Gasteiger partial charge on any atom is -0.480 e. The van der Waals surface area contributed by atoms with E-state index in [2.05, 4.69) is 5.32 Å². The van der Waals surface area contributed by atoms with Gasteiger partial charge in [-0.25, -0.2) is 0 Å². The summed E-state index contributed by atoms with van der Waals surface area (Å²) < 4.78 is 0. The maximum Gasteiger partial charge on any atom is 0.322 e. The third-order valence-electron chi connectivity index (χ3n) is 2.14. The molecule has 1 fully saturated rings. The Labute approximate surface area is 77.3 Å². The van der Waals surface area contributed by atoms with Crippen molar-refractivity contribution >= 4 is 5.97 Å². The molecule has 5 nitrogen and oxygen atoms in total. The van der Waals surface area contributed by atoms with Crippen molar-refractivity contribution in [3.63, 3.8) is 0 Å². The lowest BCUT2D eigenvalue weighted by Crippen LogP contribution is -2.56. The third kappa shape index (κ3) is 2.95. The van der Waals surface area contributed by atoms with Gasteiger partial charge in [-0.2, -0.15) is 0 Å². The summed E-state index contributed by atoms with van der Waals surface area (Å²) in [6.07, 6.45) is -0.472. The first-order valence-electron chi connectivity index (χ1n) is 4.47. The molecule has 13 heavy (non-hydrogen) atoms. The summed E-state index contributed by atoms with van der Waals surface area (Å²) >= 11 is 0. The Bertz CT molecular complexity index is 184. The molecule has 0 saturated carbocycles. The van der Waals surface area contributed by atoms with Gasteiger partial charge in [0.25, 0.3) is 0 Å². The summed E-state index contributed by atoms with van der Waals surface area (Å²) in [5.74, 6) is -0.826. The second kappa shape index (κ2) is 4.55. The number of carboxylic acids is 1. The summed E-state index contributed by atoms with van der Waals surface area (Å²) in [7, 11) is 0. The number of rotatable bonds is 3. The largest absolute Gasteiger partial charge is 0.480 e. The van der Waals surface area contributed by atoms with E-state index in [1.165, 1.54) is 0 Å². The van der Waals surface area contributed by atoms with Crippen LogP contribution in [0.5, 0.6) is 0 Å². The van der Waals surface area contributed by atoms with E-state index >= 15 is 0 Å². The van der Waals surface area contributed by atoms with Crippen LogP contribution in [0.3, 0.4) is 0 Å². The molecule has 1 rings (SSSR count). The minimum absolute atomic E-state index is 0.429. The Balaban J connectivity index is 2.51. The van der Waals surface area contributed by atoms with Crippen molar-refractivity contribution in [2.75, 3.05) is 26.2 Å². The number of piperazine rings is 1. The molecule has 0 aromatic carbocycles. The van der Waals surface area contributed by atoms with Gasteiger partial charge in [0.05, 0.1) is 6.10 Å². The number of hydrogen-bond acceptors (Lipinski definition) is 4. The van der Waals surface area contributed by atoms with Gasteiger partial charge in [0.2, 0.25) is 0 Å². The zero-order valence-corrected chi connectivity index (χ0v) is 7.73. The van der Waals surface area contributed by atoms with Crippen LogP contribution in [0.1, 0.15) is 6.92 Å². The van der Waals surface area contributed by atoms with Crippen molar-refractivity contribution in [2.24, 2.45) is 0 Å². The SMILES string of the molecule is C[C@H](O)CN1CCNCC1C(=O)O. The van der Waals surface area contributed by atoms with Crippen molar-refractivity contribution in [3.05, 3.63) is 0 Å². The van der Waals surface area contributed by atoms with Gasteiger partial charge >= 0.3 is 5.97 Å². The van der Waals surface area contributed by atoms with Crippen molar-refractivity contribution < 1.29 is 15.0 Å². The highest BCUT2D eigenvalue weighted by atomic mass is 16.4. The van der Waals surface area contributed by atoms with Crippen LogP contribution >= 0.6 is 0 Å². The molecule has 1 aliphatic heterocycles. The first-order valence-corrected chi connectivity index (χ1v) is 4.47. The highest BCUT2D eigenvalue weighted by Gasteiger charge is 2.28. The number of nitrogens with zero attached hydrogens (tertiary/aromatic N) is 1. The van der Waals surface area contributed by atoms with Crippen molar-refractivity contribution in [3.8, 4) is 0 Å². The number of aliphatic carboxylic acids is 1. The molecule has 76 valence electrons. The van der Waals surface area contributed by atoms with Crippen LogP contribution in [-0.2, 0) is 4.79 Å². The molecular formula is C8H16N2O3. The number of hydrogen-bond donors (Lipinski definition) is 3. The number of aliphatic hydroxyl groups excluding tert-OH is 1. The number of nitrogens with one attached hydrogen (secondary N) is 1. The Morgan fingerprint density at radius 1 is 1.77 bits per heavy atom. The van der Waals surface area contributed by atoms with E-state index in [0.717, 1.165) is 6.54 Å². The Hall–Kier alpha value is -0.650. The predicted octanol–water partition coefficient (Wildman–Crippen LogP) is -1.27. The van der Waals surface area contributed by atoms with Gasteiger partial charge in [-0.15, -0.1) is 0 Å². The van der Waals surface area contributed by atoms with Gasteiger partial charge in [-0.05, 0) is 6.92 Å². The van der Waals surface area contributed by atoms with Crippen molar-refractivity contribution in [1.29, 1.82) is 0 Å². The molecule has 0 aromatic heterocycles. The van der Waals surface area contributed by atoms with Crippen LogP contribution in [0, 0.1) is 0 Å². The Morgan fingerprint density at radius 3 is 3.00 bits per heavy atom. The topological polar surface area (TPSA) is 72.8 Å². The minimum atomic E-state index is -0.826. The fourth-order valence-electron chi connectivity index (χ4n) is 1.55. The quantitative estimate of drug-likeness (QED) is 0.515. The van der Waals surface area contributed by atoms with Gasteiger partial charge in [0.15, 0.2) is 0 Å². The van der Waals surface area contributed by atoms with Crippen LogP contribution in [0.2, 0.25) is 0 Å². The molecule has 1 unspecified atom stereocenters. The molecule has 1 saturated heterocycles. The van der Waals surface area contributed by atoms with Crippen molar-refractivity contribution in [2.45, 2.75) is 19.1 Å². The zero-order valence-electron chi connectivity index (χ0n) is 7.73. The Morgan fingerprint density at radius 2 is 2.46 bits per heavy atom. The molecule has 3 N–H and O–H groups in total. The fourth-order valence-corrected chi connectivity index (χ4v) is 1.55. The monoisotopic (exact) mass is 188 g/mol. The summed E-state index contributed by atoms with van der Waals surface area (Å²) in [5, 5.41) is 21.0. The summed E-state index contributed by atoms with van der Waals surface area (Å²) in [6, 6.07) is -0.497. The first kappa shape index (κ1) is 10.4. The van der Waals surface area contributed by atoms with Crippen LogP contribution in [0.25, 0.3) is 0 Å². The summed E-state index contributed by atoms with van der Waals surface area (Å²) in [6.45, 7) is 4.03. The van der Waals surface area contributed by atoms with Crippen LogP contribution in [-0.4, -0.2) is 59.4 Å². The molecule has 0 amide bonds. The zero-order chi connectivity index (χ0) is 9.84. The smallest absolute Gasteiger partial charge is 0.322 e. The second-order valence-corrected chi connectivity index (χ2v) is 3.40. The molecular weight excluding hydrogens is 172 g/mol. The normalized spacial score (nSPS) is 27.1. The lowest BCUT2D eigenvalue weighted by atomic mass is 10.2. The van der Waals surface area contributed by atoms with Gasteiger partial charge in [0.1, 0.15) is 6.04 Å². The number of aliphatic hydroxyl groups is 1. The molecule has 0 bridgehead atoms. The Kier molecular flexibility index (Phi) is 3.65. The third-order valence-corrected chi connectivity index (χ3v) is 2.14. The molecule has 0 aliphatic carbocycles. The number of carbonyl (C=O) groups is 1. The summed E-state index contributed by atoms with van der Waals surface area (Å²) in [5.41, 5.74) is 0. The van der Waals surface area contributed by atoms with Crippen LogP contribution < -0.4 is 5.32 Å². The molecule has 0 spiro atoms. The lowest BCUT2D eigenvalue weighted by Gasteiger charge is -2.33. The fraction of sp³-hybridized carbons (Fsp3) is 0.875. The van der Waals surface area contributed by atoms with E-state index < -0.39 is 18.1 Å². The molecule has 5 heteroatoms. The molecule has 0 radical (unpaired) electrons. The molecule has 1 heterocycles. The van der Waals surface area contributed by atoms with E-state index in [1.54, 1.807) is 11.8 Å². The van der Waals surface area contributed by atoms with Gasteiger partial charge in [-0.1, -0.05) is 0 Å². The van der Waals surface area contributed by atoms with Crippen molar-refractivity contribution in [1.82, 2.24) is 10.2 Å². The van der Waals surface area contributed by atoms with E-state index in [1.807, 2.05) is 0 Å². The van der Waals surface area contributed by atoms with E-state index in [0.29, 0.717) is 19.6 Å². The van der Waals surface area contributed by atoms with E-state index in [9.17, 15) is 4.79 Å². The standard InChI is InChI=1S/C8H16N2O3/c1-6(11)5-10-3-2-9-4-7(10)8(12)13/h6-7,9,11H,2-5H2,1H3,(H,12,13)/t6-,7?/m0/s1. The maximum absolute atomic E-state index is 10.8. The van der Waals surface area contributed by atoms with Crippen LogP contribution in [0.15, 0.2) is 0 Å². The van der Waals surface area contributed by atoms with E-state index in [4.69, 9.17) is 10.2 Å². The first-order chi connectivity index (χ1) is 6.11. The highest BCUT2D eigenvalue weighted by Crippen LogP contribution is 2.04. The average Bonchev–Trinajstić information content (AvgIpc) is 2.03. The second-order valence-electron chi connectivity index (χ2n) is 3.40. The molecule has 1 aliphatic rings. The lowest BCUT2D eigenvalue weighted by molar-refractivity contribution is -0.144. The van der Waals surface area contributed by atoms with Crippen LogP contribution in [0.4, 0.5) is 0 Å². The number of β-amino-alcohol motifs (C(OH)–C–C–N with tert-alkyl or cyclic N) is 1. The molecule has 2 atom stereocenters. The van der Waals surface area contributed by atoms with Gasteiger partial charge in [-0.3, -0.25) is 9.69 Å². The molecule has 0 aromatic rings. The van der Waals surface area contributed by atoms with Gasteiger partial charge < -0.3 is 15.5 Å². The summed E-state index contributed by atoms with van der Waals surface area (Å²) in [4.78, 5) is 12.6.